The fourth-order valence-electron chi connectivity index (χ4n) is 2.41. The van der Waals surface area contributed by atoms with Crippen LogP contribution < -0.4 is 9.47 Å². The monoisotopic (exact) mass is 374 g/mol. The van der Waals surface area contributed by atoms with E-state index in [-0.39, 0.29) is 11.6 Å². The quantitative estimate of drug-likeness (QED) is 0.480. The number of Topliss-reactive ketones (excluding diaryl/α,β-unsaturated/α-hetero) is 1. The Hall–Kier alpha value is -2.93. The van der Waals surface area contributed by atoms with E-state index >= 15 is 0 Å². The van der Waals surface area contributed by atoms with Gasteiger partial charge in [-0.15, -0.1) is 11.3 Å². The zero-order chi connectivity index (χ0) is 18.7. The Morgan fingerprint density at radius 3 is 2.50 bits per heavy atom. The number of esters is 1. The van der Waals surface area contributed by atoms with E-state index in [0.717, 1.165) is 4.70 Å². The molecule has 0 fully saturated rings. The standard InChI is InChI=1S/C19H15FO5S/c1-23-15-5-3-11(8-16(15)24-2)14(21)10-25-19(22)18-9-12-7-13(20)4-6-17(12)26-18/h3-9H,10H2,1-2H3. The van der Waals surface area contributed by atoms with Crippen LogP contribution in [0.2, 0.25) is 0 Å². The molecule has 0 atom stereocenters. The van der Waals surface area contributed by atoms with Crippen molar-refractivity contribution in [3.8, 4) is 11.5 Å². The minimum absolute atomic E-state index is 0.311. The van der Waals surface area contributed by atoms with Crippen molar-refractivity contribution < 1.29 is 28.2 Å². The number of hydrogen-bond donors (Lipinski definition) is 0. The second-order valence-corrected chi connectivity index (χ2v) is 6.45. The lowest BCUT2D eigenvalue weighted by Crippen LogP contribution is -2.13. The molecule has 3 rings (SSSR count). The van der Waals surface area contributed by atoms with E-state index in [9.17, 15) is 14.0 Å². The van der Waals surface area contributed by atoms with Crippen LogP contribution in [0, 0.1) is 5.82 Å². The van der Waals surface area contributed by atoms with Gasteiger partial charge in [0.15, 0.2) is 23.9 Å². The molecule has 3 aromatic rings. The lowest BCUT2D eigenvalue weighted by Gasteiger charge is -2.09. The van der Waals surface area contributed by atoms with Gasteiger partial charge in [0.2, 0.25) is 0 Å². The highest BCUT2D eigenvalue weighted by atomic mass is 32.1. The van der Waals surface area contributed by atoms with Crippen molar-refractivity contribution >= 4 is 33.2 Å². The number of ketones is 1. The molecule has 0 amide bonds. The highest BCUT2D eigenvalue weighted by Crippen LogP contribution is 2.28. The maximum Gasteiger partial charge on any atom is 0.348 e. The van der Waals surface area contributed by atoms with Gasteiger partial charge in [-0.25, -0.2) is 9.18 Å². The molecule has 0 saturated heterocycles. The minimum Gasteiger partial charge on any atom is -0.493 e. The molecule has 1 heterocycles. The molecule has 5 nitrogen and oxygen atoms in total. The van der Waals surface area contributed by atoms with Gasteiger partial charge < -0.3 is 14.2 Å². The topological polar surface area (TPSA) is 61.8 Å². The summed E-state index contributed by atoms with van der Waals surface area (Å²) >= 11 is 1.18. The summed E-state index contributed by atoms with van der Waals surface area (Å²) in [4.78, 5) is 24.7. The second-order valence-electron chi connectivity index (χ2n) is 5.36. The molecule has 0 bridgehead atoms. The van der Waals surface area contributed by atoms with Crippen molar-refractivity contribution in [3.63, 3.8) is 0 Å². The summed E-state index contributed by atoms with van der Waals surface area (Å²) in [5.41, 5.74) is 0.342. The van der Waals surface area contributed by atoms with E-state index in [2.05, 4.69) is 0 Å². The average molecular weight is 374 g/mol. The van der Waals surface area contributed by atoms with Gasteiger partial charge in [0, 0.05) is 10.3 Å². The van der Waals surface area contributed by atoms with Crippen LogP contribution in [0.4, 0.5) is 4.39 Å². The Kier molecular flexibility index (Phi) is 5.18. The van der Waals surface area contributed by atoms with Gasteiger partial charge in [-0.2, -0.15) is 0 Å². The van der Waals surface area contributed by atoms with Gasteiger partial charge in [0.05, 0.1) is 14.2 Å². The number of carbonyl (C=O) groups is 2. The Labute approximate surface area is 152 Å². The molecule has 0 aliphatic carbocycles. The van der Waals surface area contributed by atoms with E-state index in [1.54, 1.807) is 24.3 Å². The van der Waals surface area contributed by atoms with Crippen molar-refractivity contribution in [2.75, 3.05) is 20.8 Å². The van der Waals surface area contributed by atoms with E-state index in [4.69, 9.17) is 14.2 Å². The molecule has 0 aliphatic rings. The van der Waals surface area contributed by atoms with Gasteiger partial charge in [-0.3, -0.25) is 4.79 Å². The molecule has 0 spiro atoms. The first-order valence-electron chi connectivity index (χ1n) is 7.63. The number of methoxy groups -OCH3 is 2. The number of thiophene rings is 1. The third kappa shape index (κ3) is 3.67. The summed E-state index contributed by atoms with van der Waals surface area (Å²) in [5.74, 6) is -0.458. The zero-order valence-corrected chi connectivity index (χ0v) is 14.9. The molecule has 0 radical (unpaired) electrons. The molecule has 1 aromatic heterocycles. The van der Waals surface area contributed by atoms with Crippen molar-refractivity contribution in [1.82, 2.24) is 0 Å². The number of benzene rings is 2. The highest BCUT2D eigenvalue weighted by molar-refractivity contribution is 7.20. The van der Waals surface area contributed by atoms with E-state index in [1.165, 1.54) is 43.8 Å². The summed E-state index contributed by atoms with van der Waals surface area (Å²) in [6.07, 6.45) is 0. The number of rotatable bonds is 6. The first kappa shape index (κ1) is 17.9. The summed E-state index contributed by atoms with van der Waals surface area (Å²) in [7, 11) is 2.97. The lowest BCUT2D eigenvalue weighted by molar-refractivity contribution is 0.0479. The average Bonchev–Trinajstić information content (AvgIpc) is 3.08. The van der Waals surface area contributed by atoms with Crippen LogP contribution in [0.25, 0.3) is 10.1 Å². The molecule has 134 valence electrons. The predicted octanol–water partition coefficient (Wildman–Crippen LogP) is 4.10. The Balaban J connectivity index is 1.69. The first-order valence-corrected chi connectivity index (χ1v) is 8.45. The molecule has 0 unspecified atom stereocenters. The number of halogens is 1. The molecule has 0 saturated carbocycles. The van der Waals surface area contributed by atoms with Gasteiger partial charge in [0.25, 0.3) is 0 Å². The number of hydrogen-bond acceptors (Lipinski definition) is 6. The third-order valence-corrected chi connectivity index (χ3v) is 4.82. The van der Waals surface area contributed by atoms with Gasteiger partial charge in [0.1, 0.15) is 10.7 Å². The summed E-state index contributed by atoms with van der Waals surface area (Å²) in [6.45, 7) is -0.406. The van der Waals surface area contributed by atoms with Crippen molar-refractivity contribution in [1.29, 1.82) is 0 Å². The Morgan fingerprint density at radius 2 is 1.77 bits per heavy atom. The molecule has 7 heteroatoms. The van der Waals surface area contributed by atoms with Crippen LogP contribution in [-0.4, -0.2) is 32.6 Å². The van der Waals surface area contributed by atoms with Crippen molar-refractivity contribution in [2.24, 2.45) is 0 Å². The van der Waals surface area contributed by atoms with Crippen LogP contribution >= 0.6 is 11.3 Å². The SMILES string of the molecule is COc1ccc(C(=O)COC(=O)c2cc3cc(F)ccc3s2)cc1OC. The number of carbonyl (C=O) groups excluding carboxylic acids is 2. The maximum atomic E-state index is 13.2. The largest absolute Gasteiger partial charge is 0.493 e. The lowest BCUT2D eigenvalue weighted by atomic mass is 10.1. The normalized spacial score (nSPS) is 10.6. The number of fused-ring (bicyclic) bond motifs is 1. The van der Waals surface area contributed by atoms with Crippen LogP contribution in [0.5, 0.6) is 11.5 Å². The molecular formula is C19H15FO5S. The third-order valence-electron chi connectivity index (χ3n) is 3.72. The Morgan fingerprint density at radius 1 is 1.00 bits per heavy atom. The van der Waals surface area contributed by atoms with Gasteiger partial charge in [-0.05, 0) is 47.9 Å². The summed E-state index contributed by atoms with van der Waals surface area (Å²) < 4.78 is 29.4. The summed E-state index contributed by atoms with van der Waals surface area (Å²) in [6, 6.07) is 10.5. The molecule has 26 heavy (non-hydrogen) atoms. The summed E-state index contributed by atoms with van der Waals surface area (Å²) in [5, 5.41) is 0.619. The van der Waals surface area contributed by atoms with Crippen LogP contribution in [0.15, 0.2) is 42.5 Å². The molecule has 0 aliphatic heterocycles. The number of ether oxygens (including phenoxy) is 3. The molecule has 2 aromatic carbocycles. The predicted molar refractivity (Wildman–Crippen MR) is 95.9 cm³/mol. The fraction of sp³-hybridized carbons (Fsp3) is 0.158. The fourth-order valence-corrected chi connectivity index (χ4v) is 3.35. The van der Waals surface area contributed by atoms with Gasteiger partial charge >= 0.3 is 5.97 Å². The van der Waals surface area contributed by atoms with Crippen molar-refractivity contribution in [3.05, 3.63) is 58.7 Å². The first-order chi connectivity index (χ1) is 12.5. The van der Waals surface area contributed by atoms with Gasteiger partial charge in [-0.1, -0.05) is 0 Å². The van der Waals surface area contributed by atoms with Crippen LogP contribution in [0.3, 0.4) is 0 Å². The second kappa shape index (κ2) is 7.53. The smallest absolute Gasteiger partial charge is 0.348 e. The maximum absolute atomic E-state index is 13.2. The van der Waals surface area contributed by atoms with Crippen molar-refractivity contribution in [2.45, 2.75) is 0 Å². The zero-order valence-electron chi connectivity index (χ0n) is 14.1. The van der Waals surface area contributed by atoms with E-state index in [1.807, 2.05) is 0 Å². The minimum atomic E-state index is -0.625. The molecular weight excluding hydrogens is 359 g/mol. The van der Waals surface area contributed by atoms with Crippen LogP contribution in [-0.2, 0) is 4.74 Å². The molecule has 0 N–H and O–H groups in total. The Bertz CT molecular complexity index is 979. The van der Waals surface area contributed by atoms with Crippen LogP contribution in [0.1, 0.15) is 20.0 Å². The highest BCUT2D eigenvalue weighted by Gasteiger charge is 2.16. The van der Waals surface area contributed by atoms with E-state index < -0.39 is 12.6 Å². The van der Waals surface area contributed by atoms with E-state index in [0.29, 0.717) is 27.3 Å².